The average Bonchev–Trinajstić information content (AvgIpc) is 3.39. The molecule has 3 aromatic carbocycles. The van der Waals surface area contributed by atoms with Gasteiger partial charge in [-0.25, -0.2) is 8.42 Å². The topological polar surface area (TPSA) is 142 Å². The molecule has 9 nitrogen and oxygen atoms in total. The summed E-state index contributed by atoms with van der Waals surface area (Å²) in [7, 11) is -4.06. The lowest BCUT2D eigenvalue weighted by Gasteiger charge is -2.28. The van der Waals surface area contributed by atoms with Gasteiger partial charge in [0.25, 0.3) is 0 Å². The highest BCUT2D eigenvalue weighted by Crippen LogP contribution is 2.21. The molecule has 37 heavy (non-hydrogen) atoms. The molecule has 1 heterocycles. The molecule has 0 aromatic heterocycles. The van der Waals surface area contributed by atoms with Crippen LogP contribution in [0.5, 0.6) is 0 Å². The van der Waals surface area contributed by atoms with E-state index in [1.54, 1.807) is 17.0 Å². The van der Waals surface area contributed by atoms with Gasteiger partial charge in [0.1, 0.15) is 6.04 Å². The molecule has 0 spiro atoms. The molecule has 1 saturated heterocycles. The number of amides is 2. The van der Waals surface area contributed by atoms with Crippen molar-refractivity contribution in [3.05, 3.63) is 77.9 Å². The number of carbonyl (C=O) groups excluding carboxylic acids is 2. The van der Waals surface area contributed by atoms with Crippen molar-refractivity contribution >= 4 is 32.6 Å². The van der Waals surface area contributed by atoms with Crippen LogP contribution in [0.4, 0.5) is 0 Å². The predicted octanol–water partition coefficient (Wildman–Crippen LogP) is 1.29. The van der Waals surface area contributed by atoms with Crippen molar-refractivity contribution in [2.45, 2.75) is 42.8 Å². The molecule has 2 amide bonds. The molecule has 1 fully saturated rings. The van der Waals surface area contributed by atoms with Gasteiger partial charge < -0.3 is 21.1 Å². The van der Waals surface area contributed by atoms with Gasteiger partial charge in [-0.2, -0.15) is 4.72 Å². The summed E-state index contributed by atoms with van der Waals surface area (Å²) in [6.45, 7) is 0.431. The van der Waals surface area contributed by atoms with E-state index in [1.165, 1.54) is 12.1 Å². The number of hydrogen-bond donors (Lipinski definition) is 4. The Bertz CT molecular complexity index is 1360. The summed E-state index contributed by atoms with van der Waals surface area (Å²) in [5.74, 6) is -0.684. The fourth-order valence-electron chi connectivity index (χ4n) is 4.57. The van der Waals surface area contributed by atoms with E-state index in [9.17, 15) is 23.1 Å². The Balaban J connectivity index is 1.37. The van der Waals surface area contributed by atoms with Gasteiger partial charge in [0.05, 0.1) is 17.9 Å². The summed E-state index contributed by atoms with van der Waals surface area (Å²) in [5, 5.41) is 14.4. The number of likely N-dealkylation sites (tertiary alicyclic amines) is 1. The summed E-state index contributed by atoms with van der Waals surface area (Å²) in [6, 6.07) is 18.0. The van der Waals surface area contributed by atoms with E-state index < -0.39 is 28.6 Å². The molecule has 0 unspecified atom stereocenters. The number of rotatable bonds is 10. The van der Waals surface area contributed by atoms with Crippen LogP contribution in [-0.4, -0.2) is 62.0 Å². The first-order valence-corrected chi connectivity index (χ1v) is 13.8. The molecule has 1 aliphatic rings. The number of sulfonamides is 1. The van der Waals surface area contributed by atoms with Crippen molar-refractivity contribution in [1.82, 2.24) is 14.9 Å². The molecule has 2 atom stereocenters. The number of nitrogens with two attached hydrogens (primary N) is 1. The molecular weight excluding hydrogens is 492 g/mol. The minimum atomic E-state index is -4.06. The van der Waals surface area contributed by atoms with Crippen LogP contribution in [0, 0.1) is 0 Å². The molecule has 3 aromatic rings. The zero-order valence-electron chi connectivity index (χ0n) is 20.5. The summed E-state index contributed by atoms with van der Waals surface area (Å²) in [6.07, 6.45) is 1.60. The Hall–Kier alpha value is -3.31. The van der Waals surface area contributed by atoms with E-state index in [4.69, 9.17) is 5.73 Å². The second-order valence-electron chi connectivity index (χ2n) is 9.19. The van der Waals surface area contributed by atoms with Crippen molar-refractivity contribution in [2.75, 3.05) is 19.7 Å². The van der Waals surface area contributed by atoms with Gasteiger partial charge in [-0.3, -0.25) is 9.59 Å². The molecule has 10 heteroatoms. The van der Waals surface area contributed by atoms with Crippen LogP contribution in [-0.2, 0) is 32.6 Å². The number of aliphatic hydroxyl groups excluding tert-OH is 1. The van der Waals surface area contributed by atoms with Crippen LogP contribution in [0.1, 0.15) is 24.0 Å². The maximum atomic E-state index is 13.2. The maximum Gasteiger partial charge on any atom is 0.243 e. The van der Waals surface area contributed by atoms with Gasteiger partial charge >= 0.3 is 0 Å². The van der Waals surface area contributed by atoms with Crippen molar-refractivity contribution < 1.29 is 23.1 Å². The average molecular weight is 525 g/mol. The summed E-state index contributed by atoms with van der Waals surface area (Å²) in [5.41, 5.74) is 7.45. The maximum absolute atomic E-state index is 13.2. The third-order valence-corrected chi connectivity index (χ3v) is 8.10. The highest BCUT2D eigenvalue weighted by Gasteiger charge is 2.35. The van der Waals surface area contributed by atoms with Gasteiger partial charge in [-0.15, -0.1) is 0 Å². The van der Waals surface area contributed by atoms with Crippen LogP contribution in [0.25, 0.3) is 10.8 Å². The van der Waals surface area contributed by atoms with Gasteiger partial charge in [0.15, 0.2) is 0 Å². The minimum Gasteiger partial charge on any atom is -0.394 e. The monoisotopic (exact) mass is 524 g/mol. The molecule has 0 radical (unpaired) electrons. The predicted molar refractivity (Wildman–Crippen MR) is 141 cm³/mol. The molecule has 5 N–H and O–H groups in total. The van der Waals surface area contributed by atoms with E-state index >= 15 is 0 Å². The lowest BCUT2D eigenvalue weighted by molar-refractivity contribution is -0.135. The van der Waals surface area contributed by atoms with Crippen molar-refractivity contribution in [2.24, 2.45) is 5.73 Å². The minimum absolute atomic E-state index is 0.0159. The number of nitrogens with zero attached hydrogens (tertiary/aromatic N) is 1. The smallest absolute Gasteiger partial charge is 0.243 e. The fourth-order valence-corrected chi connectivity index (χ4v) is 5.78. The lowest BCUT2D eigenvalue weighted by atomic mass is 10.1. The van der Waals surface area contributed by atoms with E-state index in [0.717, 1.165) is 28.3 Å². The Labute approximate surface area is 216 Å². The van der Waals surface area contributed by atoms with E-state index in [2.05, 4.69) is 10.0 Å². The first-order valence-electron chi connectivity index (χ1n) is 12.3. The van der Waals surface area contributed by atoms with Crippen molar-refractivity contribution in [1.29, 1.82) is 0 Å². The Morgan fingerprint density at radius 1 is 1.03 bits per heavy atom. The third kappa shape index (κ3) is 6.53. The fraction of sp³-hybridized carbons (Fsp3) is 0.333. The first kappa shape index (κ1) is 26.7. The highest BCUT2D eigenvalue weighted by atomic mass is 32.2. The van der Waals surface area contributed by atoms with Crippen LogP contribution < -0.4 is 15.8 Å². The van der Waals surface area contributed by atoms with Crippen molar-refractivity contribution in [3.63, 3.8) is 0 Å². The molecule has 0 saturated carbocycles. The number of hydrogen-bond acceptors (Lipinski definition) is 6. The molecule has 0 aliphatic carbocycles. The number of fused-ring (bicyclic) bond motifs is 1. The number of aliphatic hydroxyl groups is 1. The van der Waals surface area contributed by atoms with Gasteiger partial charge in [0.2, 0.25) is 21.8 Å². The standard InChI is InChI=1S/C27H32N4O5S/c28-16-20-9-7-19(8-10-20)14-26(33)29-17-23-6-3-13-31(23)27(34)25(18-32)30-37(35,36)24-12-11-21-4-1-2-5-22(21)15-24/h1-2,4-5,7-12,15,23,25,30,32H,3,6,13-14,16-18,28H2,(H,29,33)/t23-,25+/m0/s1. The normalized spacial score (nSPS) is 16.6. The second kappa shape index (κ2) is 11.8. The van der Waals surface area contributed by atoms with Crippen molar-refractivity contribution in [3.8, 4) is 0 Å². The zero-order chi connectivity index (χ0) is 26.4. The number of nitrogens with one attached hydrogen (secondary N) is 2. The van der Waals surface area contributed by atoms with E-state index in [-0.39, 0.29) is 29.8 Å². The number of carbonyl (C=O) groups is 2. The summed E-state index contributed by atoms with van der Waals surface area (Å²) >= 11 is 0. The zero-order valence-corrected chi connectivity index (χ0v) is 21.3. The Kier molecular flexibility index (Phi) is 8.55. The molecule has 0 bridgehead atoms. The Morgan fingerprint density at radius 2 is 1.73 bits per heavy atom. The van der Waals surface area contributed by atoms with E-state index in [1.807, 2.05) is 42.5 Å². The Morgan fingerprint density at radius 3 is 2.43 bits per heavy atom. The quantitative estimate of drug-likeness (QED) is 0.315. The molecule has 1 aliphatic heterocycles. The van der Waals surface area contributed by atoms with E-state index in [0.29, 0.717) is 19.5 Å². The second-order valence-corrected chi connectivity index (χ2v) is 10.9. The summed E-state index contributed by atoms with van der Waals surface area (Å²) < 4.78 is 28.4. The van der Waals surface area contributed by atoms with Gasteiger partial charge in [-0.1, -0.05) is 54.6 Å². The SMILES string of the molecule is NCc1ccc(CC(=O)NC[C@@H]2CCCN2C(=O)[C@@H](CO)NS(=O)(=O)c2ccc3ccccc3c2)cc1. The highest BCUT2D eigenvalue weighted by molar-refractivity contribution is 7.89. The van der Waals surface area contributed by atoms with Gasteiger partial charge in [-0.05, 0) is 46.9 Å². The first-order chi connectivity index (χ1) is 17.8. The molecule has 196 valence electrons. The van der Waals surface area contributed by atoms with Crippen LogP contribution in [0.2, 0.25) is 0 Å². The van der Waals surface area contributed by atoms with Gasteiger partial charge in [0, 0.05) is 25.7 Å². The number of benzene rings is 3. The van der Waals surface area contributed by atoms with Crippen LogP contribution in [0.15, 0.2) is 71.6 Å². The lowest BCUT2D eigenvalue weighted by Crippen LogP contribution is -2.53. The third-order valence-electron chi connectivity index (χ3n) is 6.63. The largest absolute Gasteiger partial charge is 0.394 e. The van der Waals surface area contributed by atoms with Crippen LogP contribution in [0.3, 0.4) is 0 Å². The molecule has 4 rings (SSSR count). The summed E-state index contributed by atoms with van der Waals surface area (Å²) in [4.78, 5) is 27.2. The molecular formula is C27H32N4O5S. The van der Waals surface area contributed by atoms with Crippen LogP contribution >= 0.6 is 0 Å².